The molecule has 0 bridgehead atoms. The zero-order chi connectivity index (χ0) is 10.7. The fourth-order valence-corrected chi connectivity index (χ4v) is 0.866. The van der Waals surface area contributed by atoms with E-state index < -0.39 is 24.0 Å². The van der Waals surface area contributed by atoms with Gasteiger partial charge in [0.25, 0.3) is 0 Å². The van der Waals surface area contributed by atoms with Crippen LogP contribution in [0.2, 0.25) is 0 Å². The third-order valence-electron chi connectivity index (χ3n) is 1.46. The Morgan fingerprint density at radius 3 is 2.57 bits per heavy atom. The molecular weight excluding hydrogens is 196 g/mol. The van der Waals surface area contributed by atoms with Crippen LogP contribution in [0, 0.1) is 0 Å². The normalized spacial score (nSPS) is 10.2. The van der Waals surface area contributed by atoms with E-state index in [1.54, 1.807) is 0 Å². The van der Waals surface area contributed by atoms with E-state index in [1.165, 1.54) is 6.07 Å². The van der Waals surface area contributed by atoms with Crippen molar-refractivity contribution in [2.24, 2.45) is 5.73 Å². The highest BCUT2D eigenvalue weighted by molar-refractivity contribution is 5.93. The molecule has 0 atom stereocenters. The predicted molar refractivity (Wildman–Crippen MR) is 43.3 cm³/mol. The summed E-state index contributed by atoms with van der Waals surface area (Å²) in [5.41, 5.74) is 4.91. The van der Waals surface area contributed by atoms with Crippen LogP contribution in [0.5, 0.6) is 11.5 Å². The zero-order valence-corrected chi connectivity index (χ0v) is 6.91. The van der Waals surface area contributed by atoms with Crippen LogP contribution in [0.3, 0.4) is 0 Å². The van der Waals surface area contributed by atoms with E-state index in [4.69, 9.17) is 10.8 Å². The predicted octanol–water partition coefficient (Wildman–Crippen LogP) is 1.09. The second-order valence-corrected chi connectivity index (χ2v) is 2.43. The second-order valence-electron chi connectivity index (χ2n) is 2.43. The van der Waals surface area contributed by atoms with Gasteiger partial charge in [0, 0.05) is 5.56 Å². The average Bonchev–Trinajstić information content (AvgIpc) is 2.07. The number of carbonyl (C=O) groups is 1. The van der Waals surface area contributed by atoms with Gasteiger partial charge in [-0.1, -0.05) is 0 Å². The minimum atomic E-state index is -3.03. The number of amides is 1. The topological polar surface area (TPSA) is 72.6 Å². The van der Waals surface area contributed by atoms with Gasteiger partial charge >= 0.3 is 6.61 Å². The Bertz CT molecular complexity index is 354. The molecule has 3 N–H and O–H groups in total. The summed E-state index contributed by atoms with van der Waals surface area (Å²) in [6.45, 7) is -3.03. The molecule has 6 heteroatoms. The first kappa shape index (κ1) is 10.2. The largest absolute Gasteiger partial charge is 0.504 e. The fraction of sp³-hybridized carbons (Fsp3) is 0.125. The van der Waals surface area contributed by atoms with Gasteiger partial charge in [0.1, 0.15) is 0 Å². The molecule has 76 valence electrons. The molecule has 0 fully saturated rings. The molecule has 0 aromatic heterocycles. The molecule has 0 unspecified atom stereocenters. The molecule has 1 amide bonds. The van der Waals surface area contributed by atoms with Crippen LogP contribution in [0.1, 0.15) is 10.4 Å². The summed E-state index contributed by atoms with van der Waals surface area (Å²) in [7, 11) is 0. The summed E-state index contributed by atoms with van der Waals surface area (Å²) in [5.74, 6) is -1.71. The van der Waals surface area contributed by atoms with E-state index >= 15 is 0 Å². The first-order valence-corrected chi connectivity index (χ1v) is 3.58. The molecule has 4 nitrogen and oxygen atoms in total. The van der Waals surface area contributed by atoms with Gasteiger partial charge in [-0.05, 0) is 18.2 Å². The zero-order valence-electron chi connectivity index (χ0n) is 6.91. The average molecular weight is 203 g/mol. The molecule has 0 saturated heterocycles. The van der Waals surface area contributed by atoms with Gasteiger partial charge in [0.15, 0.2) is 11.5 Å². The number of ether oxygens (including phenoxy) is 1. The number of hydrogen-bond acceptors (Lipinski definition) is 3. The van der Waals surface area contributed by atoms with E-state index in [-0.39, 0.29) is 5.56 Å². The highest BCUT2D eigenvalue weighted by Gasteiger charge is 2.10. The van der Waals surface area contributed by atoms with Gasteiger partial charge in [-0.3, -0.25) is 4.79 Å². The number of primary amides is 1. The SMILES string of the molecule is NC(=O)c1ccc(OC(F)F)c(O)c1. The van der Waals surface area contributed by atoms with Crippen molar-refractivity contribution in [3.63, 3.8) is 0 Å². The van der Waals surface area contributed by atoms with Gasteiger partial charge < -0.3 is 15.6 Å². The molecule has 0 aliphatic rings. The van der Waals surface area contributed by atoms with Gasteiger partial charge in [-0.15, -0.1) is 0 Å². The number of rotatable bonds is 3. The first-order chi connectivity index (χ1) is 6.50. The smallest absolute Gasteiger partial charge is 0.387 e. The van der Waals surface area contributed by atoms with E-state index in [1.807, 2.05) is 0 Å². The Labute approximate surface area is 77.9 Å². The Morgan fingerprint density at radius 1 is 1.50 bits per heavy atom. The number of halogens is 2. The van der Waals surface area contributed by atoms with Crippen LogP contribution < -0.4 is 10.5 Å². The molecule has 0 saturated carbocycles. The standard InChI is InChI=1S/C8H7F2NO3/c9-8(10)14-6-2-1-4(7(11)13)3-5(6)12/h1-3,8,12H,(H2,11,13). The van der Waals surface area contributed by atoms with Gasteiger partial charge in [0.05, 0.1) is 0 Å². The van der Waals surface area contributed by atoms with E-state index in [0.29, 0.717) is 0 Å². The summed E-state index contributed by atoms with van der Waals surface area (Å²) < 4.78 is 27.4. The van der Waals surface area contributed by atoms with Crippen LogP contribution in [-0.4, -0.2) is 17.6 Å². The molecule has 14 heavy (non-hydrogen) atoms. The molecule has 0 radical (unpaired) electrons. The van der Waals surface area contributed by atoms with Crippen molar-refractivity contribution in [2.45, 2.75) is 6.61 Å². The lowest BCUT2D eigenvalue weighted by atomic mass is 10.2. The van der Waals surface area contributed by atoms with Crippen LogP contribution in [0.15, 0.2) is 18.2 Å². The molecule has 1 aromatic carbocycles. The second kappa shape index (κ2) is 3.91. The number of nitrogens with two attached hydrogens (primary N) is 1. The van der Waals surface area contributed by atoms with Crippen molar-refractivity contribution in [1.29, 1.82) is 0 Å². The molecular formula is C8H7F2NO3. The van der Waals surface area contributed by atoms with E-state index in [2.05, 4.69) is 4.74 Å². The quantitative estimate of drug-likeness (QED) is 0.772. The van der Waals surface area contributed by atoms with Crippen LogP contribution in [0.4, 0.5) is 8.78 Å². The van der Waals surface area contributed by atoms with Crippen molar-refractivity contribution in [3.05, 3.63) is 23.8 Å². The third kappa shape index (κ3) is 2.32. The van der Waals surface area contributed by atoms with Crippen molar-refractivity contribution in [2.75, 3.05) is 0 Å². The Balaban J connectivity index is 2.95. The van der Waals surface area contributed by atoms with Crippen molar-refractivity contribution < 1.29 is 23.4 Å². The number of phenols is 1. The molecule has 0 spiro atoms. The fourth-order valence-electron chi connectivity index (χ4n) is 0.866. The van der Waals surface area contributed by atoms with Gasteiger partial charge in [0.2, 0.25) is 5.91 Å². The molecule has 0 heterocycles. The lowest BCUT2D eigenvalue weighted by molar-refractivity contribution is -0.0512. The molecule has 1 rings (SSSR count). The van der Waals surface area contributed by atoms with Gasteiger partial charge in [-0.2, -0.15) is 8.78 Å². The first-order valence-electron chi connectivity index (χ1n) is 3.58. The maximum atomic E-state index is 11.7. The number of hydrogen-bond donors (Lipinski definition) is 2. The van der Waals surface area contributed by atoms with Gasteiger partial charge in [-0.25, -0.2) is 0 Å². The van der Waals surface area contributed by atoms with Crippen LogP contribution >= 0.6 is 0 Å². The number of alkyl halides is 2. The summed E-state index contributed by atoms with van der Waals surface area (Å²) in [6, 6.07) is 3.18. The number of aromatic hydroxyl groups is 1. The minimum absolute atomic E-state index is 0.0177. The lowest BCUT2D eigenvalue weighted by Gasteiger charge is -2.06. The van der Waals surface area contributed by atoms with Crippen molar-refractivity contribution in [1.82, 2.24) is 0 Å². The van der Waals surface area contributed by atoms with Crippen molar-refractivity contribution in [3.8, 4) is 11.5 Å². The van der Waals surface area contributed by atoms with Crippen LogP contribution in [0.25, 0.3) is 0 Å². The Kier molecular flexibility index (Phi) is 2.85. The highest BCUT2D eigenvalue weighted by atomic mass is 19.3. The number of phenolic OH excluding ortho intramolecular Hbond substituents is 1. The molecule has 0 aliphatic carbocycles. The summed E-state index contributed by atoms with van der Waals surface area (Å²) in [4.78, 5) is 10.6. The maximum absolute atomic E-state index is 11.7. The maximum Gasteiger partial charge on any atom is 0.387 e. The van der Waals surface area contributed by atoms with Crippen molar-refractivity contribution >= 4 is 5.91 Å². The highest BCUT2D eigenvalue weighted by Crippen LogP contribution is 2.27. The number of benzene rings is 1. The Hall–Kier alpha value is -1.85. The number of carbonyl (C=O) groups excluding carboxylic acids is 1. The third-order valence-corrected chi connectivity index (χ3v) is 1.46. The van der Waals surface area contributed by atoms with E-state index in [9.17, 15) is 13.6 Å². The monoisotopic (exact) mass is 203 g/mol. The lowest BCUT2D eigenvalue weighted by Crippen LogP contribution is -2.11. The van der Waals surface area contributed by atoms with Crippen LogP contribution in [-0.2, 0) is 0 Å². The minimum Gasteiger partial charge on any atom is -0.504 e. The molecule has 0 aliphatic heterocycles. The molecule has 1 aromatic rings. The summed E-state index contributed by atoms with van der Waals surface area (Å²) in [6.07, 6.45) is 0. The summed E-state index contributed by atoms with van der Waals surface area (Å²) in [5, 5.41) is 9.12. The Morgan fingerprint density at radius 2 is 2.14 bits per heavy atom. The summed E-state index contributed by atoms with van der Waals surface area (Å²) >= 11 is 0. The van der Waals surface area contributed by atoms with E-state index in [0.717, 1.165) is 12.1 Å².